The zero-order chi connectivity index (χ0) is 13.1. The second-order valence-electron chi connectivity index (χ2n) is 4.23. The van der Waals surface area contributed by atoms with Crippen LogP contribution in [-0.2, 0) is 9.53 Å². The fourth-order valence-electron chi connectivity index (χ4n) is 1.94. The van der Waals surface area contributed by atoms with Crippen molar-refractivity contribution < 1.29 is 13.9 Å². The topological polar surface area (TPSA) is 51.5 Å². The zero-order valence-corrected chi connectivity index (χ0v) is 10.8. The quantitative estimate of drug-likeness (QED) is 0.903. The third kappa shape index (κ3) is 2.54. The van der Waals surface area contributed by atoms with Crippen LogP contribution in [0.5, 0.6) is 0 Å². The first kappa shape index (κ1) is 12.6. The fourth-order valence-corrected chi connectivity index (χ4v) is 1.94. The van der Waals surface area contributed by atoms with E-state index in [2.05, 4.69) is 5.32 Å². The van der Waals surface area contributed by atoms with E-state index in [0.29, 0.717) is 6.42 Å². The number of anilines is 1. The van der Waals surface area contributed by atoms with Gasteiger partial charge in [-0.25, -0.2) is 0 Å². The molecule has 0 radical (unpaired) electrons. The van der Waals surface area contributed by atoms with Gasteiger partial charge in [-0.15, -0.1) is 0 Å². The molecule has 1 heterocycles. The molecule has 18 heavy (non-hydrogen) atoms. The van der Waals surface area contributed by atoms with Crippen molar-refractivity contribution >= 4 is 22.6 Å². The largest absolute Gasteiger partial charge is 0.461 e. The summed E-state index contributed by atoms with van der Waals surface area (Å²) in [4.78, 5) is 11.9. The lowest BCUT2D eigenvalue weighted by atomic mass is 10.2. The van der Waals surface area contributed by atoms with Gasteiger partial charge < -0.3 is 14.5 Å². The molecule has 4 heteroatoms. The number of benzene rings is 1. The van der Waals surface area contributed by atoms with E-state index in [9.17, 15) is 4.79 Å². The number of carbonyl (C=O) groups excluding carboxylic acids is 1. The maximum atomic E-state index is 11.9. The van der Waals surface area contributed by atoms with E-state index in [0.717, 1.165) is 22.4 Å². The van der Waals surface area contributed by atoms with Crippen molar-refractivity contribution in [3.8, 4) is 0 Å². The van der Waals surface area contributed by atoms with Crippen LogP contribution < -0.4 is 5.32 Å². The van der Waals surface area contributed by atoms with Crippen LogP contribution in [0.15, 0.2) is 28.7 Å². The van der Waals surface area contributed by atoms with Crippen molar-refractivity contribution in [1.82, 2.24) is 0 Å². The molecule has 2 aromatic rings. The minimum absolute atomic E-state index is 0.125. The number of amides is 1. The summed E-state index contributed by atoms with van der Waals surface area (Å²) in [5, 5.41) is 3.82. The highest BCUT2D eigenvalue weighted by atomic mass is 16.5. The lowest BCUT2D eigenvalue weighted by molar-refractivity contribution is -0.125. The highest BCUT2D eigenvalue weighted by molar-refractivity contribution is 5.96. The van der Waals surface area contributed by atoms with Gasteiger partial charge in [0.2, 0.25) is 0 Å². The van der Waals surface area contributed by atoms with Gasteiger partial charge in [-0.1, -0.05) is 6.92 Å². The molecule has 0 aliphatic carbocycles. The summed E-state index contributed by atoms with van der Waals surface area (Å²) >= 11 is 0. The summed E-state index contributed by atoms with van der Waals surface area (Å²) < 4.78 is 10.6. The Kier molecular flexibility index (Phi) is 3.67. The molecule has 0 bridgehead atoms. The van der Waals surface area contributed by atoms with E-state index in [-0.39, 0.29) is 5.91 Å². The molecule has 1 amide bonds. The molecule has 0 saturated heterocycles. The molecule has 96 valence electrons. The van der Waals surface area contributed by atoms with E-state index in [1.807, 2.05) is 38.1 Å². The molecule has 0 spiro atoms. The van der Waals surface area contributed by atoms with Crippen LogP contribution in [0.1, 0.15) is 19.1 Å². The van der Waals surface area contributed by atoms with E-state index in [1.54, 1.807) is 0 Å². The number of rotatable bonds is 4. The third-order valence-corrected chi connectivity index (χ3v) is 2.85. The predicted octanol–water partition coefficient (Wildman–Crippen LogP) is 3.10. The fraction of sp³-hybridized carbons (Fsp3) is 0.357. The van der Waals surface area contributed by atoms with Crippen molar-refractivity contribution in [2.45, 2.75) is 26.4 Å². The minimum atomic E-state index is -0.410. The van der Waals surface area contributed by atoms with Crippen LogP contribution in [0.25, 0.3) is 11.0 Å². The second-order valence-corrected chi connectivity index (χ2v) is 4.23. The summed E-state index contributed by atoms with van der Waals surface area (Å²) in [7, 11) is 1.54. The van der Waals surface area contributed by atoms with E-state index >= 15 is 0 Å². The lowest BCUT2D eigenvalue weighted by Crippen LogP contribution is -2.28. The van der Waals surface area contributed by atoms with Gasteiger partial charge in [-0.3, -0.25) is 4.79 Å². The van der Waals surface area contributed by atoms with E-state index in [1.165, 1.54) is 7.11 Å². The Morgan fingerprint density at radius 2 is 2.22 bits per heavy atom. The van der Waals surface area contributed by atoms with Gasteiger partial charge in [0.15, 0.2) is 0 Å². The number of nitrogens with one attached hydrogen (secondary N) is 1. The van der Waals surface area contributed by atoms with Crippen LogP contribution in [-0.4, -0.2) is 19.1 Å². The van der Waals surface area contributed by atoms with Gasteiger partial charge >= 0.3 is 0 Å². The Bertz CT molecular complexity index is 555. The number of methoxy groups -OCH3 is 1. The number of furan rings is 1. The molecule has 1 aromatic heterocycles. The van der Waals surface area contributed by atoms with E-state index < -0.39 is 6.10 Å². The van der Waals surface area contributed by atoms with Gasteiger partial charge in [-0.05, 0) is 37.6 Å². The molecule has 0 aliphatic heterocycles. The Hall–Kier alpha value is -1.81. The second kappa shape index (κ2) is 5.23. The maximum Gasteiger partial charge on any atom is 0.253 e. The number of hydrogen-bond donors (Lipinski definition) is 1. The first-order chi connectivity index (χ1) is 8.63. The van der Waals surface area contributed by atoms with Gasteiger partial charge in [0, 0.05) is 18.2 Å². The maximum absolute atomic E-state index is 11.9. The highest BCUT2D eigenvalue weighted by Crippen LogP contribution is 2.22. The third-order valence-electron chi connectivity index (χ3n) is 2.85. The minimum Gasteiger partial charge on any atom is -0.461 e. The molecule has 0 aliphatic rings. The van der Waals surface area contributed by atoms with Crippen molar-refractivity contribution in [3.05, 3.63) is 30.0 Å². The average molecular weight is 247 g/mol. The zero-order valence-electron chi connectivity index (χ0n) is 10.8. The Labute approximate surface area is 106 Å². The molecule has 0 fully saturated rings. The summed E-state index contributed by atoms with van der Waals surface area (Å²) in [5.41, 5.74) is 1.58. The first-order valence-electron chi connectivity index (χ1n) is 5.98. The monoisotopic (exact) mass is 247 g/mol. The molecule has 4 nitrogen and oxygen atoms in total. The smallest absolute Gasteiger partial charge is 0.253 e. The first-order valence-corrected chi connectivity index (χ1v) is 5.98. The van der Waals surface area contributed by atoms with Gasteiger partial charge in [0.05, 0.1) is 0 Å². The molecule has 1 aromatic carbocycles. The number of ether oxygens (including phenoxy) is 1. The standard InChI is InChI=1S/C14H17NO3/c1-4-12(17-3)14(16)15-11-5-6-13-10(8-11)7-9(2)18-13/h5-8,12H,4H2,1-3H3,(H,15,16). The van der Waals surface area contributed by atoms with Crippen molar-refractivity contribution in [3.63, 3.8) is 0 Å². The van der Waals surface area contributed by atoms with Crippen molar-refractivity contribution in [2.24, 2.45) is 0 Å². The summed E-state index contributed by atoms with van der Waals surface area (Å²) in [6.45, 7) is 3.81. The molecule has 0 saturated carbocycles. The van der Waals surface area contributed by atoms with Gasteiger partial charge in [0.1, 0.15) is 17.4 Å². The normalized spacial score (nSPS) is 12.6. The molecule has 1 atom stereocenters. The van der Waals surface area contributed by atoms with Crippen LogP contribution >= 0.6 is 0 Å². The molecular formula is C14H17NO3. The van der Waals surface area contributed by atoms with Crippen molar-refractivity contribution in [1.29, 1.82) is 0 Å². The summed E-state index contributed by atoms with van der Waals surface area (Å²) in [6.07, 6.45) is 0.238. The molecular weight excluding hydrogens is 230 g/mol. The number of aryl methyl sites for hydroxylation is 1. The van der Waals surface area contributed by atoms with Crippen LogP contribution in [0.3, 0.4) is 0 Å². The highest BCUT2D eigenvalue weighted by Gasteiger charge is 2.15. The van der Waals surface area contributed by atoms with E-state index in [4.69, 9.17) is 9.15 Å². The van der Waals surface area contributed by atoms with Crippen LogP contribution in [0, 0.1) is 6.92 Å². The Morgan fingerprint density at radius 1 is 1.44 bits per heavy atom. The van der Waals surface area contributed by atoms with Gasteiger partial charge in [0.25, 0.3) is 5.91 Å². The SMILES string of the molecule is CCC(OC)C(=O)Nc1ccc2oc(C)cc2c1. The van der Waals surface area contributed by atoms with Gasteiger partial charge in [-0.2, -0.15) is 0 Å². The number of fused-ring (bicyclic) bond motifs is 1. The Morgan fingerprint density at radius 3 is 2.89 bits per heavy atom. The van der Waals surface area contributed by atoms with Crippen LogP contribution in [0.4, 0.5) is 5.69 Å². The van der Waals surface area contributed by atoms with Crippen LogP contribution in [0.2, 0.25) is 0 Å². The lowest BCUT2D eigenvalue weighted by Gasteiger charge is -2.12. The summed E-state index contributed by atoms with van der Waals surface area (Å²) in [6, 6.07) is 7.52. The predicted molar refractivity (Wildman–Crippen MR) is 70.7 cm³/mol. The Balaban J connectivity index is 2.18. The number of hydrogen-bond acceptors (Lipinski definition) is 3. The molecule has 1 unspecified atom stereocenters. The average Bonchev–Trinajstić information content (AvgIpc) is 2.70. The number of carbonyl (C=O) groups is 1. The summed E-state index contributed by atoms with van der Waals surface area (Å²) in [5.74, 6) is 0.733. The molecule has 1 N–H and O–H groups in total. The van der Waals surface area contributed by atoms with Crippen molar-refractivity contribution in [2.75, 3.05) is 12.4 Å². The molecule has 2 rings (SSSR count).